The first-order valence-electron chi connectivity index (χ1n) is 13.0. The van der Waals surface area contributed by atoms with Gasteiger partial charge in [0.05, 0.1) is 11.6 Å². The Hall–Kier alpha value is -3.07. The van der Waals surface area contributed by atoms with Crippen LogP contribution in [0.25, 0.3) is 0 Å². The molecule has 1 heterocycles. The lowest BCUT2D eigenvalue weighted by atomic mass is 9.53. The molecule has 0 spiro atoms. The van der Waals surface area contributed by atoms with Crippen LogP contribution >= 0.6 is 0 Å². The number of nitriles is 1. The van der Waals surface area contributed by atoms with Crippen molar-refractivity contribution >= 4 is 11.6 Å². The van der Waals surface area contributed by atoms with E-state index in [0.717, 1.165) is 0 Å². The van der Waals surface area contributed by atoms with E-state index < -0.39 is 47.8 Å². The molecule has 1 amide bonds. The predicted octanol–water partition coefficient (Wildman–Crippen LogP) is 5.77. The number of anilines is 1. The van der Waals surface area contributed by atoms with Crippen LogP contribution in [0, 0.1) is 22.7 Å². The van der Waals surface area contributed by atoms with Crippen molar-refractivity contribution in [3.05, 3.63) is 41.5 Å². The molecule has 0 radical (unpaired) electrons. The Morgan fingerprint density at radius 2 is 1.79 bits per heavy atom. The van der Waals surface area contributed by atoms with Gasteiger partial charge in [-0.05, 0) is 80.9 Å². The molecule has 2 aromatic rings. The van der Waals surface area contributed by atoms with Crippen molar-refractivity contribution < 1.29 is 36.4 Å². The van der Waals surface area contributed by atoms with E-state index in [0.29, 0.717) is 63.2 Å². The average Bonchev–Trinajstić information content (AvgIpc) is 3.39. The van der Waals surface area contributed by atoms with Gasteiger partial charge in [0.2, 0.25) is 5.91 Å². The summed E-state index contributed by atoms with van der Waals surface area (Å²) in [5.41, 5.74) is -2.67. The zero-order valence-electron chi connectivity index (χ0n) is 21.4. The van der Waals surface area contributed by atoms with Crippen LogP contribution in [-0.2, 0) is 16.1 Å². The zero-order valence-corrected chi connectivity index (χ0v) is 21.4. The summed E-state index contributed by atoms with van der Waals surface area (Å²) in [6, 6.07) is 8.59. The molecule has 0 saturated heterocycles. The standard InChI is InChI=1S/C27H29F5N4O3/c1-23(28,29)22-34-21(35-39-22)25-8-5-24(6-9-25,7-10-25)16-36(19-4-2-3-17(11-19)15-33)20(37)12-18-13-26(38,14-18)27(30,31)32/h2-4,11,18,38H,5-10,12-14,16H2,1H3. The minimum atomic E-state index is -4.74. The fourth-order valence-electron chi connectivity index (χ4n) is 6.48. The number of fused-ring (bicyclic) bond motifs is 3. The van der Waals surface area contributed by atoms with E-state index in [-0.39, 0.29) is 23.6 Å². The van der Waals surface area contributed by atoms with Crippen molar-refractivity contribution in [1.82, 2.24) is 10.1 Å². The highest BCUT2D eigenvalue weighted by molar-refractivity contribution is 5.94. The zero-order chi connectivity index (χ0) is 28.3. The minimum Gasteiger partial charge on any atom is -0.380 e. The number of rotatable bonds is 7. The maximum Gasteiger partial charge on any atom is 0.417 e. The molecule has 1 aromatic heterocycles. The third-order valence-corrected chi connectivity index (χ3v) is 9.00. The van der Waals surface area contributed by atoms with E-state index in [9.17, 15) is 37.1 Å². The Bertz CT molecular complexity index is 1260. The summed E-state index contributed by atoms with van der Waals surface area (Å²) in [4.78, 5) is 19.1. The average molecular weight is 553 g/mol. The third kappa shape index (κ3) is 5.01. The van der Waals surface area contributed by atoms with Crippen LogP contribution < -0.4 is 4.90 Å². The number of hydrogen-bond acceptors (Lipinski definition) is 6. The summed E-state index contributed by atoms with van der Waals surface area (Å²) in [7, 11) is 0. The topological polar surface area (TPSA) is 103 Å². The first-order valence-corrected chi connectivity index (χ1v) is 13.0. The molecule has 7 nitrogen and oxygen atoms in total. The second kappa shape index (κ2) is 9.25. The molecular weight excluding hydrogens is 523 g/mol. The lowest BCUT2D eigenvalue weighted by Crippen LogP contribution is -2.56. The fourth-order valence-corrected chi connectivity index (χ4v) is 6.48. The second-order valence-electron chi connectivity index (χ2n) is 11.7. The van der Waals surface area contributed by atoms with E-state index in [1.165, 1.54) is 0 Å². The van der Waals surface area contributed by atoms with Gasteiger partial charge in [-0.15, -0.1) is 0 Å². The number of aromatic nitrogens is 2. The first kappa shape index (κ1) is 27.5. The van der Waals surface area contributed by atoms with E-state index in [4.69, 9.17) is 4.52 Å². The quantitative estimate of drug-likeness (QED) is 0.438. The molecule has 0 unspecified atom stereocenters. The number of nitrogens with zero attached hydrogens (tertiary/aromatic N) is 4. The van der Waals surface area contributed by atoms with Crippen molar-refractivity contribution in [1.29, 1.82) is 5.26 Å². The van der Waals surface area contributed by atoms with Crippen molar-refractivity contribution in [3.63, 3.8) is 0 Å². The number of benzene rings is 1. The molecule has 39 heavy (non-hydrogen) atoms. The normalized spacial score (nSPS) is 30.5. The van der Waals surface area contributed by atoms with E-state index in [1.807, 2.05) is 0 Å². The lowest BCUT2D eigenvalue weighted by Gasteiger charge is -2.53. The highest BCUT2D eigenvalue weighted by Gasteiger charge is 2.61. The summed E-state index contributed by atoms with van der Waals surface area (Å²) in [5, 5.41) is 23.1. The molecule has 4 aliphatic rings. The molecule has 1 aromatic carbocycles. The number of hydrogen-bond donors (Lipinski definition) is 1. The lowest BCUT2D eigenvalue weighted by molar-refractivity contribution is -0.298. The van der Waals surface area contributed by atoms with Crippen LogP contribution in [0.1, 0.15) is 82.0 Å². The van der Waals surface area contributed by atoms with Crippen LogP contribution in [0.3, 0.4) is 0 Å². The maximum atomic E-state index is 13.7. The van der Waals surface area contributed by atoms with Crippen LogP contribution in [0.2, 0.25) is 0 Å². The minimum absolute atomic E-state index is 0.147. The molecule has 4 aliphatic carbocycles. The molecular formula is C27H29F5N4O3. The largest absolute Gasteiger partial charge is 0.417 e. The van der Waals surface area contributed by atoms with E-state index in [1.54, 1.807) is 29.2 Å². The Morgan fingerprint density at radius 3 is 2.33 bits per heavy atom. The van der Waals surface area contributed by atoms with Gasteiger partial charge < -0.3 is 14.5 Å². The molecule has 6 rings (SSSR count). The first-order chi connectivity index (χ1) is 18.2. The predicted molar refractivity (Wildman–Crippen MR) is 128 cm³/mol. The fraction of sp³-hybridized carbons (Fsp3) is 0.630. The summed E-state index contributed by atoms with van der Waals surface area (Å²) in [6.07, 6.45) is -2.01. The SMILES string of the molecule is CC(F)(F)c1nc(C23CCC(CN(C(=O)CC4CC(O)(C(F)(F)F)C4)c4cccc(C#N)c4)(CC2)CC3)no1. The molecule has 0 aliphatic heterocycles. The van der Waals surface area contributed by atoms with Crippen LogP contribution in [0.15, 0.2) is 28.8 Å². The maximum absolute atomic E-state index is 13.7. The summed E-state index contributed by atoms with van der Waals surface area (Å²) in [5.74, 6) is -4.62. The second-order valence-corrected chi connectivity index (χ2v) is 11.7. The number of halogens is 5. The van der Waals surface area contributed by atoms with Gasteiger partial charge in [-0.1, -0.05) is 11.2 Å². The Kier molecular flexibility index (Phi) is 6.52. The van der Waals surface area contributed by atoms with Gasteiger partial charge in [0.25, 0.3) is 5.89 Å². The molecule has 12 heteroatoms. The van der Waals surface area contributed by atoms with Crippen molar-refractivity contribution in [2.24, 2.45) is 11.3 Å². The molecule has 2 bridgehead atoms. The van der Waals surface area contributed by atoms with Gasteiger partial charge in [0.15, 0.2) is 11.4 Å². The van der Waals surface area contributed by atoms with Gasteiger partial charge in [0.1, 0.15) is 0 Å². The number of carbonyl (C=O) groups is 1. The van der Waals surface area contributed by atoms with Gasteiger partial charge in [-0.3, -0.25) is 4.79 Å². The molecule has 4 fully saturated rings. The van der Waals surface area contributed by atoms with Gasteiger partial charge >= 0.3 is 12.1 Å². The van der Waals surface area contributed by atoms with Crippen LogP contribution in [0.5, 0.6) is 0 Å². The van der Waals surface area contributed by atoms with Gasteiger partial charge in [0, 0.05) is 31.0 Å². The van der Waals surface area contributed by atoms with Crippen molar-refractivity contribution in [3.8, 4) is 6.07 Å². The molecule has 1 N–H and O–H groups in total. The Morgan fingerprint density at radius 1 is 1.15 bits per heavy atom. The molecule has 210 valence electrons. The Labute approximate surface area is 222 Å². The number of alkyl halides is 5. The monoisotopic (exact) mass is 552 g/mol. The van der Waals surface area contributed by atoms with Crippen molar-refractivity contribution in [2.75, 3.05) is 11.4 Å². The number of aliphatic hydroxyl groups is 1. The van der Waals surface area contributed by atoms with E-state index in [2.05, 4.69) is 16.2 Å². The number of carbonyl (C=O) groups excluding carboxylic acids is 1. The number of amides is 1. The van der Waals surface area contributed by atoms with Crippen LogP contribution in [0.4, 0.5) is 27.6 Å². The molecule has 4 saturated carbocycles. The highest BCUT2D eigenvalue weighted by atomic mass is 19.4. The summed E-state index contributed by atoms with van der Waals surface area (Å²) in [6.45, 7) is 1.02. The summed E-state index contributed by atoms with van der Waals surface area (Å²) < 4.78 is 71.5. The smallest absolute Gasteiger partial charge is 0.380 e. The van der Waals surface area contributed by atoms with Gasteiger partial charge in [-0.25, -0.2) is 0 Å². The van der Waals surface area contributed by atoms with E-state index >= 15 is 0 Å². The van der Waals surface area contributed by atoms with Crippen LogP contribution in [-0.4, -0.2) is 39.5 Å². The summed E-state index contributed by atoms with van der Waals surface area (Å²) >= 11 is 0. The van der Waals surface area contributed by atoms with Gasteiger partial charge in [-0.2, -0.15) is 32.2 Å². The van der Waals surface area contributed by atoms with Crippen molar-refractivity contribution in [2.45, 2.75) is 87.8 Å². The third-order valence-electron chi connectivity index (χ3n) is 9.00. The Balaban J connectivity index is 1.33. The highest BCUT2D eigenvalue weighted by Crippen LogP contribution is 2.58. The molecule has 0 atom stereocenters.